The van der Waals surface area contributed by atoms with Gasteiger partial charge in [-0.15, -0.1) is 0 Å². The molecular formula is C15H13N3O3. The maximum atomic E-state index is 11.1. The van der Waals surface area contributed by atoms with E-state index in [0.717, 1.165) is 0 Å². The minimum absolute atomic E-state index is 0.0769. The monoisotopic (exact) mass is 283 g/mol. The molecule has 0 bridgehead atoms. The van der Waals surface area contributed by atoms with Gasteiger partial charge >= 0.3 is 0 Å². The standard InChI is InChI=1S/C15H13N3O3/c1-17(10-12-4-2-3-5-15(12)19)14-8-11(9-16)6-7-13(14)18(20)21/h2-8,19H,10H2,1H3. The van der Waals surface area contributed by atoms with E-state index in [1.807, 2.05) is 6.07 Å². The Morgan fingerprint density at radius 1 is 1.33 bits per heavy atom. The number of phenolic OH excluding ortho intramolecular Hbond substituents is 1. The molecule has 6 heteroatoms. The second-order valence-corrected chi connectivity index (χ2v) is 4.56. The summed E-state index contributed by atoms with van der Waals surface area (Å²) < 4.78 is 0. The van der Waals surface area contributed by atoms with Crippen LogP contribution in [0.4, 0.5) is 11.4 Å². The number of nitro benzene ring substituents is 1. The summed E-state index contributed by atoms with van der Waals surface area (Å²) in [6.07, 6.45) is 0. The first kappa shape index (κ1) is 14.3. The minimum Gasteiger partial charge on any atom is -0.508 e. The Morgan fingerprint density at radius 3 is 2.67 bits per heavy atom. The fraction of sp³-hybridized carbons (Fsp3) is 0.133. The molecule has 106 valence electrons. The van der Waals surface area contributed by atoms with Crippen molar-refractivity contribution in [2.75, 3.05) is 11.9 Å². The predicted octanol–water partition coefficient (Wildman–Crippen LogP) is 2.81. The molecule has 0 saturated heterocycles. The Hall–Kier alpha value is -3.07. The highest BCUT2D eigenvalue weighted by Gasteiger charge is 2.18. The lowest BCUT2D eigenvalue weighted by Crippen LogP contribution is -2.18. The molecule has 0 unspecified atom stereocenters. The maximum absolute atomic E-state index is 11.1. The van der Waals surface area contributed by atoms with E-state index in [4.69, 9.17) is 5.26 Å². The van der Waals surface area contributed by atoms with Crippen molar-refractivity contribution in [3.8, 4) is 11.8 Å². The van der Waals surface area contributed by atoms with E-state index in [1.165, 1.54) is 18.2 Å². The number of hydrogen-bond donors (Lipinski definition) is 1. The van der Waals surface area contributed by atoms with Crippen LogP contribution in [0.2, 0.25) is 0 Å². The summed E-state index contributed by atoms with van der Waals surface area (Å²) in [6.45, 7) is 0.294. The van der Waals surface area contributed by atoms with Crippen LogP contribution in [0.5, 0.6) is 5.75 Å². The van der Waals surface area contributed by atoms with Gasteiger partial charge in [0.15, 0.2) is 0 Å². The van der Waals surface area contributed by atoms with Gasteiger partial charge in [-0.1, -0.05) is 18.2 Å². The molecule has 0 amide bonds. The van der Waals surface area contributed by atoms with Crippen LogP contribution in [0.25, 0.3) is 0 Å². The van der Waals surface area contributed by atoms with Crippen molar-refractivity contribution in [1.82, 2.24) is 0 Å². The lowest BCUT2D eigenvalue weighted by atomic mass is 10.1. The van der Waals surface area contributed by atoms with Gasteiger partial charge in [0.1, 0.15) is 11.4 Å². The average Bonchev–Trinajstić information content (AvgIpc) is 2.48. The smallest absolute Gasteiger partial charge is 0.292 e. The first-order valence-electron chi connectivity index (χ1n) is 6.19. The zero-order valence-electron chi connectivity index (χ0n) is 11.4. The van der Waals surface area contributed by atoms with Gasteiger partial charge in [0.25, 0.3) is 5.69 Å². The highest BCUT2D eigenvalue weighted by molar-refractivity contribution is 5.65. The van der Waals surface area contributed by atoms with Gasteiger partial charge in [-0.3, -0.25) is 10.1 Å². The zero-order valence-corrected chi connectivity index (χ0v) is 11.4. The Balaban J connectivity index is 2.38. The van der Waals surface area contributed by atoms with E-state index in [9.17, 15) is 15.2 Å². The summed E-state index contributed by atoms with van der Waals surface area (Å²) in [5, 5.41) is 29.8. The molecule has 2 aromatic carbocycles. The molecule has 0 spiro atoms. The SMILES string of the molecule is CN(Cc1ccccc1O)c1cc(C#N)ccc1[N+](=O)[O-]. The molecule has 0 radical (unpaired) electrons. The Kier molecular flexibility index (Phi) is 4.05. The number of nitrogens with zero attached hydrogens (tertiary/aromatic N) is 3. The van der Waals surface area contributed by atoms with Gasteiger partial charge in [0, 0.05) is 25.2 Å². The molecule has 0 saturated carbocycles. The molecule has 0 aromatic heterocycles. The number of nitro groups is 1. The number of hydrogen-bond acceptors (Lipinski definition) is 5. The van der Waals surface area contributed by atoms with Crippen molar-refractivity contribution in [3.63, 3.8) is 0 Å². The van der Waals surface area contributed by atoms with Crippen LogP contribution in [-0.2, 0) is 6.54 Å². The van der Waals surface area contributed by atoms with E-state index in [1.54, 1.807) is 36.2 Å². The van der Waals surface area contributed by atoms with E-state index in [-0.39, 0.29) is 11.4 Å². The molecule has 1 N–H and O–H groups in total. The molecule has 0 aliphatic heterocycles. The van der Waals surface area contributed by atoms with Gasteiger partial charge in [0.05, 0.1) is 16.6 Å². The van der Waals surface area contributed by atoms with Crippen LogP contribution in [0.1, 0.15) is 11.1 Å². The number of para-hydroxylation sites is 1. The van der Waals surface area contributed by atoms with Gasteiger partial charge in [0.2, 0.25) is 0 Å². The molecule has 0 heterocycles. The molecule has 2 rings (SSSR count). The molecule has 0 aliphatic rings. The second kappa shape index (κ2) is 5.92. The van der Waals surface area contributed by atoms with E-state index in [2.05, 4.69) is 0 Å². The minimum atomic E-state index is -0.488. The fourth-order valence-electron chi connectivity index (χ4n) is 2.04. The van der Waals surface area contributed by atoms with Crippen LogP contribution in [0.15, 0.2) is 42.5 Å². The van der Waals surface area contributed by atoms with Gasteiger partial charge in [-0.25, -0.2) is 0 Å². The lowest BCUT2D eigenvalue weighted by Gasteiger charge is -2.20. The summed E-state index contributed by atoms with van der Waals surface area (Å²) in [5.74, 6) is 0.128. The first-order valence-corrected chi connectivity index (χ1v) is 6.19. The summed E-state index contributed by atoms with van der Waals surface area (Å²) in [4.78, 5) is 12.2. The quantitative estimate of drug-likeness (QED) is 0.688. The van der Waals surface area contributed by atoms with E-state index >= 15 is 0 Å². The number of benzene rings is 2. The zero-order chi connectivity index (χ0) is 15.4. The molecular weight excluding hydrogens is 270 g/mol. The van der Waals surface area contributed by atoms with Crippen molar-refractivity contribution in [1.29, 1.82) is 5.26 Å². The summed E-state index contributed by atoms with van der Waals surface area (Å²) in [7, 11) is 1.68. The largest absolute Gasteiger partial charge is 0.508 e. The van der Waals surface area contributed by atoms with Gasteiger partial charge in [-0.2, -0.15) is 5.26 Å². The number of phenols is 1. The maximum Gasteiger partial charge on any atom is 0.292 e. The number of nitriles is 1. The van der Waals surface area contributed by atoms with Crippen LogP contribution in [0, 0.1) is 21.4 Å². The van der Waals surface area contributed by atoms with Crippen LogP contribution in [-0.4, -0.2) is 17.1 Å². The van der Waals surface area contributed by atoms with E-state index < -0.39 is 4.92 Å². The Bertz CT molecular complexity index is 722. The average molecular weight is 283 g/mol. The number of rotatable bonds is 4. The summed E-state index contributed by atoms with van der Waals surface area (Å²) in [5.41, 5.74) is 1.26. The third-order valence-electron chi connectivity index (χ3n) is 3.11. The number of aromatic hydroxyl groups is 1. The van der Waals surface area contributed by atoms with Crippen LogP contribution >= 0.6 is 0 Å². The fourth-order valence-corrected chi connectivity index (χ4v) is 2.04. The molecule has 0 aliphatic carbocycles. The molecule has 0 atom stereocenters. The highest BCUT2D eigenvalue weighted by atomic mass is 16.6. The van der Waals surface area contributed by atoms with Crippen molar-refractivity contribution >= 4 is 11.4 Å². The summed E-state index contributed by atoms with van der Waals surface area (Å²) >= 11 is 0. The molecule has 2 aromatic rings. The normalized spacial score (nSPS) is 9.90. The molecule has 21 heavy (non-hydrogen) atoms. The van der Waals surface area contributed by atoms with Crippen LogP contribution in [0.3, 0.4) is 0 Å². The second-order valence-electron chi connectivity index (χ2n) is 4.56. The highest BCUT2D eigenvalue weighted by Crippen LogP contribution is 2.30. The summed E-state index contributed by atoms with van der Waals surface area (Å²) in [6, 6.07) is 12.9. The van der Waals surface area contributed by atoms with Gasteiger partial charge < -0.3 is 10.0 Å². The predicted molar refractivity (Wildman–Crippen MR) is 78.0 cm³/mol. The number of anilines is 1. The van der Waals surface area contributed by atoms with Crippen molar-refractivity contribution in [2.24, 2.45) is 0 Å². The Morgan fingerprint density at radius 2 is 2.05 bits per heavy atom. The van der Waals surface area contributed by atoms with Crippen molar-refractivity contribution < 1.29 is 10.0 Å². The van der Waals surface area contributed by atoms with Crippen LogP contribution < -0.4 is 4.90 Å². The van der Waals surface area contributed by atoms with E-state index in [0.29, 0.717) is 23.4 Å². The molecule has 6 nitrogen and oxygen atoms in total. The third-order valence-corrected chi connectivity index (χ3v) is 3.11. The third kappa shape index (κ3) is 3.09. The Labute approximate surface area is 121 Å². The van der Waals surface area contributed by atoms with Gasteiger partial charge in [-0.05, 0) is 18.2 Å². The first-order chi connectivity index (χ1) is 10.0. The van der Waals surface area contributed by atoms with Crippen molar-refractivity contribution in [2.45, 2.75) is 6.54 Å². The topological polar surface area (TPSA) is 90.4 Å². The molecule has 0 fully saturated rings. The van der Waals surface area contributed by atoms with Crippen molar-refractivity contribution in [3.05, 3.63) is 63.7 Å². The lowest BCUT2D eigenvalue weighted by molar-refractivity contribution is -0.384.